The molecule has 6 heteroatoms. The average Bonchev–Trinajstić information content (AvgIpc) is 3.23. The Morgan fingerprint density at radius 2 is 1.66 bits per heavy atom. The summed E-state index contributed by atoms with van der Waals surface area (Å²) in [6, 6.07) is 16.0. The average molecular weight is 430 g/mol. The maximum atomic E-state index is 12.6. The Morgan fingerprint density at radius 3 is 2.31 bits per heavy atom. The summed E-state index contributed by atoms with van der Waals surface area (Å²) in [5, 5.41) is 2.95. The number of aromatic nitrogens is 2. The third kappa shape index (κ3) is 4.44. The van der Waals surface area contributed by atoms with Crippen molar-refractivity contribution in [2.24, 2.45) is 0 Å². The summed E-state index contributed by atoms with van der Waals surface area (Å²) in [5.41, 5.74) is 6.60. The number of nitrogens with one attached hydrogen (secondary N) is 1. The first-order chi connectivity index (χ1) is 15.5. The van der Waals surface area contributed by atoms with Crippen LogP contribution in [-0.4, -0.2) is 36.1 Å². The standard InChI is InChI=1S/C26H27N3O3/c1-17-13-21(14-18(2)25(17)32-4)20-7-10-24-28-23(16-29(24)15-20)26(30)27-12-11-19-5-8-22(31-3)9-6-19/h5-10,13-16H,11-12H2,1-4H3,(H,27,30). The number of pyridine rings is 1. The molecule has 0 saturated heterocycles. The maximum absolute atomic E-state index is 12.6. The van der Waals surface area contributed by atoms with Crippen LogP contribution in [0.25, 0.3) is 16.8 Å². The number of fused-ring (bicyclic) bond motifs is 1. The molecule has 6 nitrogen and oxygen atoms in total. The number of carbonyl (C=O) groups excluding carboxylic acids is 1. The Balaban J connectivity index is 1.47. The van der Waals surface area contributed by atoms with Crippen molar-refractivity contribution >= 4 is 11.6 Å². The van der Waals surface area contributed by atoms with Crippen LogP contribution in [0.3, 0.4) is 0 Å². The molecule has 0 spiro atoms. The fraction of sp³-hybridized carbons (Fsp3) is 0.231. The number of hydrogen-bond acceptors (Lipinski definition) is 4. The lowest BCUT2D eigenvalue weighted by Crippen LogP contribution is -2.25. The minimum Gasteiger partial charge on any atom is -0.497 e. The van der Waals surface area contributed by atoms with Crippen LogP contribution in [0.2, 0.25) is 0 Å². The van der Waals surface area contributed by atoms with E-state index in [0.29, 0.717) is 12.2 Å². The van der Waals surface area contributed by atoms with E-state index in [1.54, 1.807) is 20.4 Å². The van der Waals surface area contributed by atoms with E-state index in [4.69, 9.17) is 9.47 Å². The van der Waals surface area contributed by atoms with Crippen LogP contribution in [0, 0.1) is 13.8 Å². The third-order valence-electron chi connectivity index (χ3n) is 5.54. The van der Waals surface area contributed by atoms with E-state index in [2.05, 4.69) is 22.4 Å². The molecule has 4 aromatic rings. The van der Waals surface area contributed by atoms with E-state index in [-0.39, 0.29) is 5.91 Å². The Labute approximate surface area is 187 Å². The summed E-state index contributed by atoms with van der Waals surface area (Å²) in [6.07, 6.45) is 4.51. The van der Waals surface area contributed by atoms with Gasteiger partial charge in [-0.1, -0.05) is 12.1 Å². The van der Waals surface area contributed by atoms with Crippen LogP contribution in [0.1, 0.15) is 27.2 Å². The second-order valence-corrected chi connectivity index (χ2v) is 7.81. The first kappa shape index (κ1) is 21.4. The fourth-order valence-electron chi connectivity index (χ4n) is 3.91. The lowest BCUT2D eigenvalue weighted by Gasteiger charge is -2.11. The van der Waals surface area contributed by atoms with Crippen molar-refractivity contribution in [3.63, 3.8) is 0 Å². The van der Waals surface area contributed by atoms with Crippen molar-refractivity contribution in [2.45, 2.75) is 20.3 Å². The lowest BCUT2D eigenvalue weighted by molar-refractivity contribution is 0.0949. The van der Waals surface area contributed by atoms with Gasteiger partial charge in [0.05, 0.1) is 14.2 Å². The summed E-state index contributed by atoms with van der Waals surface area (Å²) >= 11 is 0. The number of amides is 1. The Kier molecular flexibility index (Phi) is 6.12. The largest absolute Gasteiger partial charge is 0.497 e. The predicted molar refractivity (Wildman–Crippen MR) is 126 cm³/mol. The molecule has 0 aliphatic carbocycles. The van der Waals surface area contributed by atoms with E-state index < -0.39 is 0 Å². The zero-order chi connectivity index (χ0) is 22.7. The van der Waals surface area contributed by atoms with Gasteiger partial charge >= 0.3 is 0 Å². The van der Waals surface area contributed by atoms with Gasteiger partial charge in [-0.25, -0.2) is 4.98 Å². The molecular weight excluding hydrogens is 402 g/mol. The number of aryl methyl sites for hydroxylation is 2. The molecular formula is C26H27N3O3. The highest BCUT2D eigenvalue weighted by atomic mass is 16.5. The first-order valence-electron chi connectivity index (χ1n) is 10.5. The van der Waals surface area contributed by atoms with Gasteiger partial charge in [-0.3, -0.25) is 4.79 Å². The van der Waals surface area contributed by atoms with Crippen molar-refractivity contribution < 1.29 is 14.3 Å². The number of benzene rings is 2. The third-order valence-corrected chi connectivity index (χ3v) is 5.54. The summed E-state index contributed by atoms with van der Waals surface area (Å²) in [6.45, 7) is 4.62. The van der Waals surface area contributed by atoms with Crippen LogP contribution >= 0.6 is 0 Å². The number of methoxy groups -OCH3 is 2. The van der Waals surface area contributed by atoms with Gasteiger partial charge in [0.25, 0.3) is 5.91 Å². The fourth-order valence-corrected chi connectivity index (χ4v) is 3.91. The highest BCUT2D eigenvalue weighted by Gasteiger charge is 2.12. The van der Waals surface area contributed by atoms with Gasteiger partial charge in [-0.2, -0.15) is 0 Å². The van der Waals surface area contributed by atoms with Gasteiger partial charge in [-0.15, -0.1) is 0 Å². The van der Waals surface area contributed by atoms with Gasteiger partial charge in [0.2, 0.25) is 0 Å². The maximum Gasteiger partial charge on any atom is 0.271 e. The molecule has 4 rings (SSSR count). The summed E-state index contributed by atoms with van der Waals surface area (Å²) in [7, 11) is 3.34. The molecule has 0 fully saturated rings. The van der Waals surface area contributed by atoms with Gasteiger partial charge in [0.15, 0.2) is 0 Å². The Morgan fingerprint density at radius 1 is 0.938 bits per heavy atom. The zero-order valence-corrected chi connectivity index (χ0v) is 18.8. The van der Waals surface area contributed by atoms with Crippen molar-refractivity contribution in [3.05, 3.63) is 83.3 Å². The normalized spacial score (nSPS) is 10.9. The van der Waals surface area contributed by atoms with E-state index >= 15 is 0 Å². The summed E-state index contributed by atoms with van der Waals surface area (Å²) < 4.78 is 12.5. The quantitative estimate of drug-likeness (QED) is 0.466. The van der Waals surface area contributed by atoms with Crippen molar-refractivity contribution in [1.29, 1.82) is 0 Å². The van der Waals surface area contributed by atoms with Crippen molar-refractivity contribution in [2.75, 3.05) is 20.8 Å². The number of imidazole rings is 1. The van der Waals surface area contributed by atoms with Crippen LogP contribution in [0.15, 0.2) is 60.9 Å². The number of nitrogens with zero attached hydrogens (tertiary/aromatic N) is 2. The van der Waals surface area contributed by atoms with Gasteiger partial charge in [0, 0.05) is 18.9 Å². The topological polar surface area (TPSA) is 64.9 Å². The molecule has 0 saturated carbocycles. The molecule has 0 unspecified atom stereocenters. The minimum atomic E-state index is -0.181. The minimum absolute atomic E-state index is 0.181. The molecule has 0 aliphatic rings. The van der Waals surface area contributed by atoms with Gasteiger partial charge in [-0.05, 0) is 84.5 Å². The lowest BCUT2D eigenvalue weighted by atomic mass is 10.0. The van der Waals surface area contributed by atoms with E-state index in [9.17, 15) is 4.79 Å². The van der Waals surface area contributed by atoms with Crippen LogP contribution in [0.5, 0.6) is 11.5 Å². The molecule has 0 aliphatic heterocycles. The molecule has 1 N–H and O–H groups in total. The van der Waals surface area contributed by atoms with E-state index in [0.717, 1.165) is 51.4 Å². The molecule has 0 atom stereocenters. The van der Waals surface area contributed by atoms with E-state index in [1.165, 1.54) is 0 Å². The molecule has 164 valence electrons. The molecule has 2 aromatic heterocycles. The summed E-state index contributed by atoms with van der Waals surface area (Å²) in [4.78, 5) is 17.1. The number of hydrogen-bond donors (Lipinski definition) is 1. The Hall–Kier alpha value is -3.80. The zero-order valence-electron chi connectivity index (χ0n) is 18.8. The second-order valence-electron chi connectivity index (χ2n) is 7.81. The molecule has 32 heavy (non-hydrogen) atoms. The van der Waals surface area contributed by atoms with Crippen LogP contribution in [0.4, 0.5) is 0 Å². The molecule has 1 amide bonds. The SMILES string of the molecule is COc1ccc(CCNC(=O)c2cn3cc(-c4cc(C)c(OC)c(C)c4)ccc3n2)cc1. The second kappa shape index (κ2) is 9.14. The van der Waals surface area contributed by atoms with Crippen molar-refractivity contribution in [3.8, 4) is 22.6 Å². The number of rotatable bonds is 7. The number of ether oxygens (including phenoxy) is 2. The van der Waals surface area contributed by atoms with Crippen molar-refractivity contribution in [1.82, 2.24) is 14.7 Å². The smallest absolute Gasteiger partial charge is 0.271 e. The highest BCUT2D eigenvalue weighted by molar-refractivity contribution is 5.92. The first-order valence-corrected chi connectivity index (χ1v) is 10.5. The predicted octanol–water partition coefficient (Wildman–Crippen LogP) is 4.61. The van der Waals surface area contributed by atoms with Crippen LogP contribution < -0.4 is 14.8 Å². The highest BCUT2D eigenvalue weighted by Crippen LogP contribution is 2.30. The molecule has 0 radical (unpaired) electrons. The Bertz CT molecular complexity index is 1240. The molecule has 0 bridgehead atoms. The monoisotopic (exact) mass is 429 g/mol. The van der Waals surface area contributed by atoms with E-state index in [1.807, 2.05) is 60.8 Å². The molecule has 2 aromatic carbocycles. The van der Waals surface area contributed by atoms with Crippen LogP contribution in [-0.2, 0) is 6.42 Å². The van der Waals surface area contributed by atoms with Gasteiger partial charge in [0.1, 0.15) is 22.8 Å². The molecule has 2 heterocycles. The van der Waals surface area contributed by atoms with Gasteiger partial charge < -0.3 is 19.2 Å². The summed E-state index contributed by atoms with van der Waals surface area (Å²) in [5.74, 6) is 1.55. The number of carbonyl (C=O) groups is 1.